The minimum atomic E-state index is -0.691. The third kappa shape index (κ3) is 6.29. The van der Waals surface area contributed by atoms with E-state index in [2.05, 4.69) is 5.32 Å². The van der Waals surface area contributed by atoms with Crippen molar-refractivity contribution in [3.63, 3.8) is 0 Å². The summed E-state index contributed by atoms with van der Waals surface area (Å²) < 4.78 is 29.3. The molecule has 144 valence electrons. The summed E-state index contributed by atoms with van der Waals surface area (Å²) in [4.78, 5) is 23.9. The highest BCUT2D eigenvalue weighted by Gasteiger charge is 2.13. The lowest BCUT2D eigenvalue weighted by Gasteiger charge is -2.13. The molecule has 0 aliphatic carbocycles. The molecule has 0 radical (unpaired) electrons. The first-order valence-corrected chi connectivity index (χ1v) is 8.62. The zero-order valence-electron chi connectivity index (χ0n) is 15.3. The molecule has 1 amide bonds. The predicted molar refractivity (Wildman–Crippen MR) is 98.5 cm³/mol. The van der Waals surface area contributed by atoms with Crippen LogP contribution in [0, 0.1) is 5.82 Å². The lowest BCUT2D eigenvalue weighted by Crippen LogP contribution is -2.22. The summed E-state index contributed by atoms with van der Waals surface area (Å²) in [7, 11) is 0. The maximum absolute atomic E-state index is 13.5. The van der Waals surface area contributed by atoms with Gasteiger partial charge in [0.2, 0.25) is 0 Å². The number of rotatable bonds is 9. The van der Waals surface area contributed by atoms with Gasteiger partial charge in [0, 0.05) is 6.07 Å². The molecule has 0 aromatic heterocycles. The Morgan fingerprint density at radius 3 is 2.48 bits per heavy atom. The van der Waals surface area contributed by atoms with Crippen LogP contribution in [0.4, 0.5) is 10.1 Å². The van der Waals surface area contributed by atoms with Crippen LogP contribution in [0.15, 0.2) is 42.5 Å². The molecule has 0 saturated carbocycles. The van der Waals surface area contributed by atoms with Crippen LogP contribution >= 0.6 is 0 Å². The molecule has 0 spiro atoms. The first-order chi connectivity index (χ1) is 13.0. The van der Waals surface area contributed by atoms with E-state index in [1.807, 2.05) is 13.8 Å². The van der Waals surface area contributed by atoms with E-state index in [0.717, 1.165) is 0 Å². The minimum absolute atomic E-state index is 0.214. The van der Waals surface area contributed by atoms with Crippen molar-refractivity contribution in [2.24, 2.45) is 0 Å². The van der Waals surface area contributed by atoms with Gasteiger partial charge in [-0.3, -0.25) is 9.59 Å². The van der Waals surface area contributed by atoms with Crippen molar-refractivity contribution < 1.29 is 28.2 Å². The van der Waals surface area contributed by atoms with Crippen LogP contribution in [-0.2, 0) is 20.7 Å². The molecule has 2 aromatic rings. The Morgan fingerprint density at radius 2 is 1.78 bits per heavy atom. The van der Waals surface area contributed by atoms with Gasteiger partial charge < -0.3 is 19.5 Å². The van der Waals surface area contributed by atoms with E-state index in [0.29, 0.717) is 30.4 Å². The highest BCUT2D eigenvalue weighted by atomic mass is 19.1. The largest absolute Gasteiger partial charge is 0.494 e. The van der Waals surface area contributed by atoms with Crippen molar-refractivity contribution in [2.75, 3.05) is 25.1 Å². The van der Waals surface area contributed by atoms with E-state index in [-0.39, 0.29) is 12.0 Å². The molecule has 0 saturated heterocycles. The average Bonchev–Trinajstić information content (AvgIpc) is 2.64. The van der Waals surface area contributed by atoms with E-state index in [1.54, 1.807) is 24.3 Å². The molecule has 0 atom stereocenters. The van der Waals surface area contributed by atoms with Crippen LogP contribution in [0.2, 0.25) is 0 Å². The molecule has 7 heteroatoms. The summed E-state index contributed by atoms with van der Waals surface area (Å²) in [5.74, 6) is -0.664. The van der Waals surface area contributed by atoms with Gasteiger partial charge >= 0.3 is 5.97 Å². The average molecular weight is 375 g/mol. The normalized spacial score (nSPS) is 10.2. The molecule has 1 N–H and O–H groups in total. The number of carbonyl (C=O) groups is 2. The molecule has 0 fully saturated rings. The number of ether oxygens (including phenoxy) is 3. The molecule has 0 unspecified atom stereocenters. The zero-order chi connectivity index (χ0) is 19.6. The highest BCUT2D eigenvalue weighted by Crippen LogP contribution is 2.29. The zero-order valence-corrected chi connectivity index (χ0v) is 15.3. The molecule has 0 aliphatic rings. The summed E-state index contributed by atoms with van der Waals surface area (Å²) in [5, 5.41) is 2.63. The molecular weight excluding hydrogens is 353 g/mol. The number of nitrogens with one attached hydrogen (secondary N) is 1. The van der Waals surface area contributed by atoms with Crippen molar-refractivity contribution in [2.45, 2.75) is 20.3 Å². The molecule has 2 rings (SSSR count). The van der Waals surface area contributed by atoms with Crippen molar-refractivity contribution in [1.82, 2.24) is 0 Å². The Bertz CT molecular complexity index is 794. The first-order valence-electron chi connectivity index (χ1n) is 8.62. The maximum atomic E-state index is 13.5. The van der Waals surface area contributed by atoms with Crippen molar-refractivity contribution in [1.29, 1.82) is 0 Å². The maximum Gasteiger partial charge on any atom is 0.310 e. The number of anilines is 1. The van der Waals surface area contributed by atoms with E-state index in [9.17, 15) is 14.0 Å². The van der Waals surface area contributed by atoms with Crippen molar-refractivity contribution in [3.8, 4) is 11.5 Å². The number of hydrogen-bond donors (Lipinski definition) is 1. The number of hydrogen-bond acceptors (Lipinski definition) is 5. The monoisotopic (exact) mass is 375 g/mol. The van der Waals surface area contributed by atoms with Crippen LogP contribution in [-0.4, -0.2) is 31.7 Å². The lowest BCUT2D eigenvalue weighted by atomic mass is 10.1. The van der Waals surface area contributed by atoms with Crippen LogP contribution in [0.1, 0.15) is 19.4 Å². The summed E-state index contributed by atoms with van der Waals surface area (Å²) in [6, 6.07) is 11.0. The van der Waals surface area contributed by atoms with Gasteiger partial charge in [0.05, 0.1) is 25.3 Å². The van der Waals surface area contributed by atoms with E-state index >= 15 is 0 Å². The second kappa shape index (κ2) is 10.2. The number of halogens is 1. The Labute approximate surface area is 157 Å². The van der Waals surface area contributed by atoms with Gasteiger partial charge in [0.1, 0.15) is 17.3 Å². The van der Waals surface area contributed by atoms with E-state index in [1.165, 1.54) is 18.2 Å². The fourth-order valence-corrected chi connectivity index (χ4v) is 2.33. The quantitative estimate of drug-likeness (QED) is 0.681. The van der Waals surface area contributed by atoms with E-state index in [4.69, 9.17) is 14.2 Å². The van der Waals surface area contributed by atoms with Crippen LogP contribution < -0.4 is 14.8 Å². The molecule has 0 bridgehead atoms. The highest BCUT2D eigenvalue weighted by molar-refractivity contribution is 5.94. The van der Waals surface area contributed by atoms with Gasteiger partial charge in [-0.05, 0) is 37.6 Å². The van der Waals surface area contributed by atoms with Crippen LogP contribution in [0.25, 0.3) is 0 Å². The molecule has 6 nitrogen and oxygen atoms in total. The molecule has 2 aromatic carbocycles. The Hall–Kier alpha value is -3.09. The minimum Gasteiger partial charge on any atom is -0.494 e. The topological polar surface area (TPSA) is 73.9 Å². The Balaban J connectivity index is 1.93. The first kappa shape index (κ1) is 20.2. The smallest absolute Gasteiger partial charge is 0.310 e. The summed E-state index contributed by atoms with van der Waals surface area (Å²) in [6.07, 6.45) is -0.246. The second-order valence-electron chi connectivity index (χ2n) is 5.50. The molecular formula is C20H22FNO5. The SMILES string of the molecule is CCOc1ccc(OCC)c(NC(=O)COC(=O)Cc2ccccc2F)c1. The fraction of sp³-hybridized carbons (Fsp3) is 0.300. The summed E-state index contributed by atoms with van der Waals surface area (Å²) in [5.41, 5.74) is 0.629. The number of esters is 1. The van der Waals surface area contributed by atoms with Gasteiger partial charge in [0.15, 0.2) is 6.61 Å². The van der Waals surface area contributed by atoms with Gasteiger partial charge in [-0.2, -0.15) is 0 Å². The summed E-state index contributed by atoms with van der Waals surface area (Å²) >= 11 is 0. The third-order valence-electron chi connectivity index (χ3n) is 3.49. The standard InChI is InChI=1S/C20H22FNO5/c1-3-25-15-9-10-18(26-4-2)17(12-15)22-19(23)13-27-20(24)11-14-7-5-6-8-16(14)21/h5-10,12H,3-4,11,13H2,1-2H3,(H,22,23). The molecule has 27 heavy (non-hydrogen) atoms. The number of carbonyl (C=O) groups excluding carboxylic acids is 2. The lowest BCUT2D eigenvalue weighted by molar-refractivity contribution is -0.146. The molecule has 0 aliphatic heterocycles. The Kier molecular flexibility index (Phi) is 7.61. The number of benzene rings is 2. The Morgan fingerprint density at radius 1 is 1.04 bits per heavy atom. The van der Waals surface area contributed by atoms with Crippen molar-refractivity contribution in [3.05, 3.63) is 53.8 Å². The van der Waals surface area contributed by atoms with Gasteiger partial charge in [-0.1, -0.05) is 18.2 Å². The van der Waals surface area contributed by atoms with Crippen LogP contribution in [0.3, 0.4) is 0 Å². The fourth-order valence-electron chi connectivity index (χ4n) is 2.33. The van der Waals surface area contributed by atoms with Crippen molar-refractivity contribution >= 4 is 17.6 Å². The van der Waals surface area contributed by atoms with E-state index < -0.39 is 24.3 Å². The van der Waals surface area contributed by atoms with Gasteiger partial charge in [-0.25, -0.2) is 4.39 Å². The number of amides is 1. The second-order valence-corrected chi connectivity index (χ2v) is 5.50. The van der Waals surface area contributed by atoms with Crippen LogP contribution in [0.5, 0.6) is 11.5 Å². The summed E-state index contributed by atoms with van der Waals surface area (Å²) in [6.45, 7) is 4.09. The predicted octanol–water partition coefficient (Wildman–Crippen LogP) is 3.35. The molecule has 0 heterocycles. The van der Waals surface area contributed by atoms with Gasteiger partial charge in [-0.15, -0.1) is 0 Å². The van der Waals surface area contributed by atoms with Gasteiger partial charge in [0.25, 0.3) is 5.91 Å². The third-order valence-corrected chi connectivity index (χ3v) is 3.49.